The third-order valence-electron chi connectivity index (χ3n) is 4.74. The lowest BCUT2D eigenvalue weighted by Crippen LogP contribution is -2.46. The largest absolute Gasteiger partial charge is 0.401 e. The van der Waals surface area contributed by atoms with Crippen LogP contribution in [0.1, 0.15) is 24.7 Å². The maximum atomic E-state index is 14.0. The number of amides is 2. The van der Waals surface area contributed by atoms with Gasteiger partial charge in [0.1, 0.15) is 11.1 Å². The van der Waals surface area contributed by atoms with Crippen molar-refractivity contribution < 1.29 is 26.7 Å². The van der Waals surface area contributed by atoms with Gasteiger partial charge in [-0.2, -0.15) is 23.4 Å². The van der Waals surface area contributed by atoms with E-state index >= 15 is 0 Å². The minimum absolute atomic E-state index is 0.0642. The van der Waals surface area contributed by atoms with Crippen LogP contribution in [0.15, 0.2) is 24.5 Å². The molecule has 0 aliphatic carbocycles. The van der Waals surface area contributed by atoms with Gasteiger partial charge < -0.3 is 5.32 Å². The van der Waals surface area contributed by atoms with Gasteiger partial charge in [0.15, 0.2) is 10.8 Å². The molecule has 4 heterocycles. The van der Waals surface area contributed by atoms with Gasteiger partial charge in [-0.25, -0.2) is 23.1 Å². The smallest absolute Gasteiger partial charge is 0.306 e. The molecule has 8 nitrogen and oxygen atoms in total. The normalized spacial score (nSPS) is 18.9. The summed E-state index contributed by atoms with van der Waals surface area (Å²) < 4.78 is 68.5. The van der Waals surface area contributed by atoms with Gasteiger partial charge in [0.2, 0.25) is 0 Å². The SMILES string of the molecule is C[C@@]1(C(F)(F)F)CN(C(=O)Nc2cnnc(C(F)F)c2)c2cnc3cc(Cl)nn3c21. The van der Waals surface area contributed by atoms with Gasteiger partial charge in [0.25, 0.3) is 6.43 Å². The number of hydrogen-bond acceptors (Lipinski definition) is 5. The minimum atomic E-state index is -4.75. The number of nitrogens with one attached hydrogen (secondary N) is 1. The van der Waals surface area contributed by atoms with Gasteiger partial charge in [-0.1, -0.05) is 11.6 Å². The number of hydrogen-bond donors (Lipinski definition) is 1. The van der Waals surface area contributed by atoms with E-state index in [9.17, 15) is 26.7 Å². The van der Waals surface area contributed by atoms with Crippen molar-refractivity contribution >= 4 is 34.7 Å². The first-order valence-electron chi connectivity index (χ1n) is 8.32. The molecular formula is C16H11ClF5N7O. The molecule has 1 aliphatic rings. The van der Waals surface area contributed by atoms with Crippen molar-refractivity contribution in [3.63, 3.8) is 0 Å². The predicted molar refractivity (Wildman–Crippen MR) is 94.8 cm³/mol. The van der Waals surface area contributed by atoms with Gasteiger partial charge in [-0.15, -0.1) is 5.10 Å². The number of rotatable bonds is 2. The number of halogens is 6. The fraction of sp³-hybridized carbons (Fsp3) is 0.312. The van der Waals surface area contributed by atoms with Crippen LogP contribution in [-0.2, 0) is 5.41 Å². The van der Waals surface area contributed by atoms with E-state index in [1.165, 1.54) is 6.07 Å². The highest BCUT2D eigenvalue weighted by atomic mass is 35.5. The second-order valence-electron chi connectivity index (χ2n) is 6.75. The summed E-state index contributed by atoms with van der Waals surface area (Å²) in [6.07, 6.45) is -5.57. The van der Waals surface area contributed by atoms with Crippen LogP contribution >= 0.6 is 11.6 Å². The predicted octanol–water partition coefficient (Wildman–Crippen LogP) is 3.98. The number of aromatic nitrogens is 5. The molecule has 0 spiro atoms. The molecule has 1 N–H and O–H groups in total. The first-order valence-corrected chi connectivity index (χ1v) is 8.70. The quantitative estimate of drug-likeness (QED) is 0.600. The Morgan fingerprint density at radius 2 is 2.03 bits per heavy atom. The molecule has 0 unspecified atom stereocenters. The van der Waals surface area contributed by atoms with Gasteiger partial charge in [-0.3, -0.25) is 4.90 Å². The van der Waals surface area contributed by atoms with Crippen LogP contribution in [0.25, 0.3) is 5.65 Å². The molecule has 4 rings (SSSR count). The van der Waals surface area contributed by atoms with Crippen LogP contribution in [0.3, 0.4) is 0 Å². The molecule has 1 atom stereocenters. The number of carbonyl (C=O) groups excluding carboxylic acids is 1. The second kappa shape index (κ2) is 6.72. The molecule has 3 aromatic heterocycles. The zero-order chi connectivity index (χ0) is 21.8. The summed E-state index contributed by atoms with van der Waals surface area (Å²) in [4.78, 5) is 17.6. The maximum Gasteiger partial charge on any atom is 0.401 e. The van der Waals surface area contributed by atoms with Gasteiger partial charge >= 0.3 is 12.2 Å². The Morgan fingerprint density at radius 1 is 1.30 bits per heavy atom. The molecule has 0 saturated heterocycles. The number of nitrogens with zero attached hydrogens (tertiary/aromatic N) is 6. The highest BCUT2D eigenvalue weighted by molar-refractivity contribution is 6.29. The van der Waals surface area contributed by atoms with Crippen molar-refractivity contribution in [1.82, 2.24) is 24.8 Å². The molecule has 0 radical (unpaired) electrons. The van der Waals surface area contributed by atoms with E-state index in [0.717, 1.165) is 34.8 Å². The van der Waals surface area contributed by atoms with Crippen LogP contribution in [-0.4, -0.2) is 43.5 Å². The monoisotopic (exact) mass is 447 g/mol. The molecule has 2 amide bonds. The van der Waals surface area contributed by atoms with Crippen molar-refractivity contribution in [2.75, 3.05) is 16.8 Å². The van der Waals surface area contributed by atoms with Crippen LogP contribution in [0, 0.1) is 0 Å². The van der Waals surface area contributed by atoms with Crippen molar-refractivity contribution in [3.8, 4) is 0 Å². The number of fused-ring (bicyclic) bond motifs is 3. The summed E-state index contributed by atoms with van der Waals surface area (Å²) in [5.41, 5.74) is -3.70. The van der Waals surface area contributed by atoms with E-state index in [1.807, 2.05) is 0 Å². The molecule has 0 bridgehead atoms. The first kappa shape index (κ1) is 20.2. The highest BCUT2D eigenvalue weighted by Gasteiger charge is 2.60. The Bertz CT molecular complexity index is 1150. The Morgan fingerprint density at radius 3 is 2.70 bits per heavy atom. The Hall–Kier alpha value is -3.09. The lowest BCUT2D eigenvalue weighted by molar-refractivity contribution is -0.181. The summed E-state index contributed by atoms with van der Waals surface area (Å²) in [6.45, 7) is 0.146. The van der Waals surface area contributed by atoms with E-state index in [1.54, 1.807) is 0 Å². The van der Waals surface area contributed by atoms with E-state index in [0.29, 0.717) is 0 Å². The van der Waals surface area contributed by atoms with Crippen molar-refractivity contribution in [2.24, 2.45) is 0 Å². The molecular weight excluding hydrogens is 437 g/mol. The van der Waals surface area contributed by atoms with Crippen molar-refractivity contribution in [3.05, 3.63) is 41.1 Å². The third kappa shape index (κ3) is 3.09. The first-order chi connectivity index (χ1) is 14.0. The number of anilines is 2. The Labute approximate surface area is 169 Å². The third-order valence-corrected chi connectivity index (χ3v) is 4.93. The van der Waals surface area contributed by atoms with E-state index in [4.69, 9.17) is 11.6 Å². The average Bonchev–Trinajstić information content (AvgIpc) is 3.19. The van der Waals surface area contributed by atoms with Gasteiger partial charge in [0.05, 0.1) is 29.5 Å². The minimum Gasteiger partial charge on any atom is -0.306 e. The molecule has 0 aromatic carbocycles. The lowest BCUT2D eigenvalue weighted by Gasteiger charge is -2.28. The van der Waals surface area contributed by atoms with Crippen LogP contribution in [0.5, 0.6) is 0 Å². The number of urea groups is 1. The molecule has 0 saturated carbocycles. The summed E-state index contributed by atoms with van der Waals surface area (Å²) in [6, 6.07) is 1.18. The fourth-order valence-electron chi connectivity index (χ4n) is 3.24. The zero-order valence-corrected chi connectivity index (χ0v) is 15.7. The zero-order valence-electron chi connectivity index (χ0n) is 15.0. The molecule has 14 heteroatoms. The van der Waals surface area contributed by atoms with Crippen LogP contribution in [0.4, 0.5) is 38.1 Å². The highest BCUT2D eigenvalue weighted by Crippen LogP contribution is 2.50. The second-order valence-corrected chi connectivity index (χ2v) is 7.13. The number of carbonyl (C=O) groups is 1. The molecule has 3 aromatic rings. The Balaban J connectivity index is 1.77. The maximum absolute atomic E-state index is 14.0. The summed E-state index contributed by atoms with van der Waals surface area (Å²) in [7, 11) is 0. The van der Waals surface area contributed by atoms with Crippen molar-refractivity contribution in [2.45, 2.75) is 24.9 Å². The molecule has 158 valence electrons. The fourth-order valence-corrected chi connectivity index (χ4v) is 3.41. The topological polar surface area (TPSA) is 88.3 Å². The van der Waals surface area contributed by atoms with Crippen LogP contribution < -0.4 is 10.2 Å². The summed E-state index contributed by atoms with van der Waals surface area (Å²) in [5, 5.41) is 12.6. The standard InChI is InChI=1S/C16H11ClF5N7O/c1-15(16(20,21)22)6-28(9-5-23-11-3-10(17)27-29(11)12(9)15)14(30)25-7-2-8(13(18)19)26-24-4-7/h2-5,13H,6H2,1H3,(H,25,26,30)/t15-/m1/s1. The summed E-state index contributed by atoms with van der Waals surface area (Å²) >= 11 is 5.82. The van der Waals surface area contributed by atoms with E-state index < -0.39 is 36.3 Å². The van der Waals surface area contributed by atoms with Crippen LogP contribution in [0.2, 0.25) is 5.15 Å². The van der Waals surface area contributed by atoms with Gasteiger partial charge in [0, 0.05) is 12.6 Å². The average molecular weight is 448 g/mol. The molecule has 30 heavy (non-hydrogen) atoms. The van der Waals surface area contributed by atoms with Gasteiger partial charge in [-0.05, 0) is 13.0 Å². The van der Waals surface area contributed by atoms with E-state index in [2.05, 4.69) is 25.6 Å². The summed E-state index contributed by atoms with van der Waals surface area (Å²) in [5.74, 6) is 0. The number of alkyl halides is 5. The molecule has 1 aliphatic heterocycles. The Kier molecular flexibility index (Phi) is 4.52. The van der Waals surface area contributed by atoms with E-state index in [-0.39, 0.29) is 27.9 Å². The van der Waals surface area contributed by atoms with Crippen molar-refractivity contribution in [1.29, 1.82) is 0 Å². The lowest BCUT2D eigenvalue weighted by atomic mass is 9.88. The molecule has 0 fully saturated rings.